The van der Waals surface area contributed by atoms with Crippen LogP contribution in [0.5, 0.6) is 5.75 Å². The maximum absolute atomic E-state index is 14.1. The Kier molecular flexibility index (Phi) is 5.34. The molecule has 2 aliphatic rings. The molecule has 0 fully saturated rings. The smallest absolute Gasteiger partial charge is 0.169 e. The van der Waals surface area contributed by atoms with Crippen molar-refractivity contribution in [2.75, 3.05) is 0 Å². The molecule has 6 nitrogen and oxygen atoms in total. The predicted molar refractivity (Wildman–Crippen MR) is 119 cm³/mol. The maximum atomic E-state index is 14.1. The van der Waals surface area contributed by atoms with Crippen LogP contribution in [0.4, 0.5) is 8.78 Å². The number of nitrogens with zero attached hydrogens (tertiary/aromatic N) is 4. The van der Waals surface area contributed by atoms with E-state index in [4.69, 9.17) is 9.26 Å². The Labute approximate surface area is 188 Å². The van der Waals surface area contributed by atoms with Crippen LogP contribution in [0.15, 0.2) is 71.5 Å². The van der Waals surface area contributed by atoms with Crippen LogP contribution in [0.25, 0.3) is 34.0 Å². The molecule has 0 unspecified atom stereocenters. The molecule has 166 valence electrons. The first kappa shape index (κ1) is 20.8. The highest BCUT2D eigenvalue weighted by Crippen LogP contribution is 2.28. The Morgan fingerprint density at radius 3 is 2.55 bits per heavy atom. The normalized spacial score (nSPS) is 11.4. The highest BCUT2D eigenvalue weighted by molar-refractivity contribution is 5.66. The van der Waals surface area contributed by atoms with Gasteiger partial charge in [-0.2, -0.15) is 0 Å². The van der Waals surface area contributed by atoms with Crippen LogP contribution in [0.3, 0.4) is 0 Å². The minimum Gasteiger partial charge on any atom is -0.491 e. The number of fused-ring (bicyclic) bond motifs is 1. The number of rotatable bonds is 6. The van der Waals surface area contributed by atoms with Gasteiger partial charge in [0.1, 0.15) is 17.1 Å². The van der Waals surface area contributed by atoms with Crippen molar-refractivity contribution < 1.29 is 18.0 Å². The number of benzene rings is 2. The molecular formula is C25H20F2N4O2. The molecule has 0 N–H and O–H groups in total. The molecule has 0 aliphatic carbocycles. The van der Waals surface area contributed by atoms with Gasteiger partial charge in [-0.15, -0.1) is 0 Å². The Morgan fingerprint density at radius 2 is 1.76 bits per heavy atom. The maximum Gasteiger partial charge on any atom is 0.169 e. The van der Waals surface area contributed by atoms with Gasteiger partial charge >= 0.3 is 0 Å². The van der Waals surface area contributed by atoms with Crippen molar-refractivity contribution in [1.29, 1.82) is 0 Å². The van der Waals surface area contributed by atoms with E-state index in [1.807, 2.05) is 54.9 Å². The Balaban J connectivity index is 1.35. The fourth-order valence-electron chi connectivity index (χ4n) is 3.53. The molecule has 0 spiro atoms. The zero-order valence-electron chi connectivity index (χ0n) is 18.0. The number of halogens is 2. The molecule has 2 aromatic carbocycles. The van der Waals surface area contributed by atoms with E-state index >= 15 is 0 Å². The number of hydrogen-bond acceptors (Lipinski definition) is 5. The molecule has 8 heteroatoms. The topological polar surface area (TPSA) is 66.0 Å². The second-order valence-corrected chi connectivity index (χ2v) is 7.91. The molecule has 0 amide bonds. The fourth-order valence-corrected chi connectivity index (χ4v) is 3.53. The van der Waals surface area contributed by atoms with Gasteiger partial charge in [-0.25, -0.2) is 18.7 Å². The summed E-state index contributed by atoms with van der Waals surface area (Å²) in [4.78, 5) is 8.70. The number of imidazole rings is 1. The molecule has 33 heavy (non-hydrogen) atoms. The van der Waals surface area contributed by atoms with Crippen molar-refractivity contribution in [2.45, 2.75) is 26.5 Å². The summed E-state index contributed by atoms with van der Waals surface area (Å²) in [5.74, 6) is -0.285. The molecule has 0 saturated carbocycles. The average Bonchev–Trinajstić information content (AvgIpc) is 3.42. The Morgan fingerprint density at radius 1 is 0.970 bits per heavy atom. The van der Waals surface area contributed by atoms with Crippen LogP contribution in [0.2, 0.25) is 0 Å². The second kappa shape index (κ2) is 8.46. The van der Waals surface area contributed by atoms with E-state index in [0.29, 0.717) is 23.7 Å². The van der Waals surface area contributed by atoms with Gasteiger partial charge in [0.15, 0.2) is 23.2 Å². The van der Waals surface area contributed by atoms with Crippen LogP contribution >= 0.6 is 0 Å². The third kappa shape index (κ3) is 4.32. The largest absolute Gasteiger partial charge is 0.491 e. The summed E-state index contributed by atoms with van der Waals surface area (Å²) in [5, 5.41) is 4.16. The summed E-state index contributed by atoms with van der Waals surface area (Å²) in [5.41, 5.74) is 2.83. The molecule has 0 bridgehead atoms. The lowest BCUT2D eigenvalue weighted by molar-refractivity contribution is 0.242. The minimum atomic E-state index is -0.960. The number of aromatic nitrogens is 4. The molecule has 3 aromatic rings. The van der Waals surface area contributed by atoms with Gasteiger partial charge in [0, 0.05) is 24.0 Å². The van der Waals surface area contributed by atoms with Crippen molar-refractivity contribution in [3.05, 3.63) is 84.4 Å². The molecule has 0 radical (unpaired) electrons. The van der Waals surface area contributed by atoms with Crippen molar-refractivity contribution >= 4 is 0 Å². The lowest BCUT2D eigenvalue weighted by Gasteiger charge is -2.09. The van der Waals surface area contributed by atoms with Gasteiger partial charge in [0.05, 0.1) is 23.9 Å². The third-order valence-corrected chi connectivity index (χ3v) is 5.04. The fraction of sp³-hybridized carbons (Fsp3) is 0.160. The number of pyridine rings is 1. The molecule has 1 aromatic heterocycles. The summed E-state index contributed by atoms with van der Waals surface area (Å²) < 4.78 is 40.7. The van der Waals surface area contributed by atoms with Crippen LogP contribution in [0, 0.1) is 11.6 Å². The highest BCUT2D eigenvalue weighted by atomic mass is 19.2. The van der Waals surface area contributed by atoms with E-state index in [0.717, 1.165) is 23.1 Å². The van der Waals surface area contributed by atoms with E-state index in [1.54, 1.807) is 12.3 Å². The van der Waals surface area contributed by atoms with Crippen LogP contribution in [0.1, 0.15) is 19.6 Å². The summed E-state index contributed by atoms with van der Waals surface area (Å²) in [7, 11) is 0. The Bertz CT molecular complexity index is 1380. The molecule has 3 heterocycles. The zero-order chi connectivity index (χ0) is 22.9. The van der Waals surface area contributed by atoms with E-state index in [9.17, 15) is 8.78 Å². The minimum absolute atomic E-state index is 0.0300. The van der Waals surface area contributed by atoms with Gasteiger partial charge in [-0.3, -0.25) is 0 Å². The Hall–Kier alpha value is -4.07. The predicted octanol–water partition coefficient (Wildman–Crippen LogP) is 5.82. The standard InChI is InChI=1S/C25H20F2N4O2/c1-15(2)32-17-8-6-16(7-9-17)22-12-18(33-30-22)13-31-11-10-21-23(14-31)29-25(28-21)19-4-3-5-20(26)24(19)27/h3-12,14-15H,13H2,1-2H3. The lowest BCUT2D eigenvalue weighted by atomic mass is 10.1. The molecule has 0 saturated heterocycles. The van der Waals surface area contributed by atoms with Gasteiger partial charge in [0.2, 0.25) is 0 Å². The average molecular weight is 446 g/mol. The van der Waals surface area contributed by atoms with Crippen molar-refractivity contribution in [1.82, 2.24) is 19.7 Å². The van der Waals surface area contributed by atoms with E-state index < -0.39 is 11.6 Å². The lowest BCUT2D eigenvalue weighted by Crippen LogP contribution is -2.05. The number of ether oxygens (including phenoxy) is 1. The summed E-state index contributed by atoms with van der Waals surface area (Å²) in [6.45, 7) is 4.39. The van der Waals surface area contributed by atoms with Crippen LogP contribution < -0.4 is 4.74 Å². The summed E-state index contributed by atoms with van der Waals surface area (Å²) in [6.07, 6.45) is 3.71. The number of hydrogen-bond donors (Lipinski definition) is 0. The van der Waals surface area contributed by atoms with Crippen LogP contribution in [-0.2, 0) is 6.54 Å². The molecular weight excluding hydrogens is 426 g/mol. The SMILES string of the molecule is CC(C)Oc1ccc(-c2cc(Cn3ccc4nc(-c5cccc(F)c5F)nc-4c3)on2)cc1. The zero-order valence-corrected chi connectivity index (χ0v) is 18.0. The van der Waals surface area contributed by atoms with E-state index in [2.05, 4.69) is 15.1 Å². The van der Waals surface area contributed by atoms with Gasteiger partial charge < -0.3 is 13.8 Å². The van der Waals surface area contributed by atoms with Crippen molar-refractivity contribution in [3.8, 4) is 39.8 Å². The first-order valence-corrected chi connectivity index (χ1v) is 10.5. The first-order chi connectivity index (χ1) is 16.0. The van der Waals surface area contributed by atoms with Gasteiger partial charge in [-0.05, 0) is 56.3 Å². The second-order valence-electron chi connectivity index (χ2n) is 7.91. The third-order valence-electron chi connectivity index (χ3n) is 5.04. The van der Waals surface area contributed by atoms with E-state index in [-0.39, 0.29) is 17.5 Å². The summed E-state index contributed by atoms with van der Waals surface area (Å²) >= 11 is 0. The molecule has 5 rings (SSSR count). The van der Waals surface area contributed by atoms with Crippen molar-refractivity contribution in [2.24, 2.45) is 0 Å². The van der Waals surface area contributed by atoms with Crippen LogP contribution in [-0.4, -0.2) is 25.8 Å². The monoisotopic (exact) mass is 446 g/mol. The quantitative estimate of drug-likeness (QED) is 0.329. The molecule has 0 atom stereocenters. The van der Waals surface area contributed by atoms with Gasteiger partial charge in [0.25, 0.3) is 0 Å². The van der Waals surface area contributed by atoms with E-state index in [1.165, 1.54) is 12.1 Å². The molecule has 2 aliphatic heterocycles. The summed E-state index contributed by atoms with van der Waals surface area (Å²) in [6, 6.07) is 15.3. The van der Waals surface area contributed by atoms with Crippen molar-refractivity contribution in [3.63, 3.8) is 0 Å². The highest BCUT2D eigenvalue weighted by Gasteiger charge is 2.18. The van der Waals surface area contributed by atoms with Gasteiger partial charge in [-0.1, -0.05) is 11.2 Å². The first-order valence-electron chi connectivity index (χ1n) is 10.5.